The van der Waals surface area contributed by atoms with E-state index in [4.69, 9.17) is 9.84 Å². The SMILES string of the molecule is COC(C)(C)CO.c1ccc(CN(Cc2ccccc2)C2CCCCC2)cc1. The molecule has 1 aliphatic rings. The van der Waals surface area contributed by atoms with Gasteiger partial charge in [0.25, 0.3) is 0 Å². The molecular weight excluding hydrogens is 346 g/mol. The maximum absolute atomic E-state index is 8.47. The van der Waals surface area contributed by atoms with Crippen molar-refractivity contribution in [2.45, 2.75) is 70.7 Å². The van der Waals surface area contributed by atoms with Crippen molar-refractivity contribution in [2.75, 3.05) is 13.7 Å². The lowest BCUT2D eigenvalue weighted by Crippen LogP contribution is -2.35. The molecule has 1 saturated carbocycles. The van der Waals surface area contributed by atoms with E-state index in [0.717, 1.165) is 19.1 Å². The van der Waals surface area contributed by atoms with Gasteiger partial charge in [-0.1, -0.05) is 79.9 Å². The Morgan fingerprint density at radius 2 is 1.32 bits per heavy atom. The highest BCUT2D eigenvalue weighted by Crippen LogP contribution is 2.25. The van der Waals surface area contributed by atoms with Crippen molar-refractivity contribution >= 4 is 0 Å². The van der Waals surface area contributed by atoms with Crippen molar-refractivity contribution in [1.29, 1.82) is 0 Å². The van der Waals surface area contributed by atoms with Crippen LogP contribution in [-0.4, -0.2) is 35.4 Å². The van der Waals surface area contributed by atoms with Crippen LogP contribution >= 0.6 is 0 Å². The Bertz CT molecular complexity index is 589. The van der Waals surface area contributed by atoms with Gasteiger partial charge in [0.2, 0.25) is 0 Å². The summed E-state index contributed by atoms with van der Waals surface area (Å²) in [5, 5.41) is 8.47. The number of rotatable bonds is 7. The fourth-order valence-corrected chi connectivity index (χ4v) is 3.46. The van der Waals surface area contributed by atoms with Crippen LogP contribution in [0.4, 0.5) is 0 Å². The van der Waals surface area contributed by atoms with E-state index in [1.54, 1.807) is 7.11 Å². The van der Waals surface area contributed by atoms with E-state index in [1.807, 2.05) is 13.8 Å². The van der Waals surface area contributed by atoms with Crippen molar-refractivity contribution < 1.29 is 9.84 Å². The van der Waals surface area contributed by atoms with Gasteiger partial charge in [0.15, 0.2) is 0 Å². The molecule has 0 saturated heterocycles. The van der Waals surface area contributed by atoms with Gasteiger partial charge in [-0.25, -0.2) is 0 Å². The van der Waals surface area contributed by atoms with Gasteiger partial charge in [0.05, 0.1) is 12.2 Å². The molecule has 3 nitrogen and oxygen atoms in total. The highest BCUT2D eigenvalue weighted by Gasteiger charge is 2.21. The van der Waals surface area contributed by atoms with E-state index < -0.39 is 0 Å². The van der Waals surface area contributed by atoms with Crippen molar-refractivity contribution in [3.8, 4) is 0 Å². The summed E-state index contributed by atoms with van der Waals surface area (Å²) in [5.41, 5.74) is 2.50. The largest absolute Gasteiger partial charge is 0.393 e. The maximum atomic E-state index is 8.47. The summed E-state index contributed by atoms with van der Waals surface area (Å²) >= 11 is 0. The zero-order chi connectivity index (χ0) is 20.2. The van der Waals surface area contributed by atoms with Gasteiger partial charge in [0.1, 0.15) is 0 Å². The third-order valence-corrected chi connectivity index (χ3v) is 5.48. The Kier molecular flexibility index (Phi) is 9.69. The van der Waals surface area contributed by atoms with Crippen molar-refractivity contribution in [2.24, 2.45) is 0 Å². The smallest absolute Gasteiger partial charge is 0.0852 e. The Hall–Kier alpha value is -1.68. The standard InChI is InChI=1S/C20H25N.C5H12O2/c1-4-10-18(11-5-1)16-21(20-14-8-3-9-15-20)17-19-12-6-2-7-13-19;1-5(2,4-6)7-3/h1-2,4-7,10-13,20H,3,8-9,14-17H2;6H,4H2,1-3H3. The molecule has 0 aliphatic heterocycles. The first-order valence-corrected chi connectivity index (χ1v) is 10.5. The Morgan fingerprint density at radius 1 is 0.857 bits per heavy atom. The first kappa shape index (κ1) is 22.6. The number of nitrogens with zero attached hydrogens (tertiary/aromatic N) is 1. The van der Waals surface area contributed by atoms with Crippen LogP contribution in [0, 0.1) is 0 Å². The maximum Gasteiger partial charge on any atom is 0.0852 e. The molecule has 2 aromatic rings. The summed E-state index contributed by atoms with van der Waals surface area (Å²) in [7, 11) is 1.58. The Morgan fingerprint density at radius 3 is 1.68 bits per heavy atom. The fraction of sp³-hybridized carbons (Fsp3) is 0.520. The van der Waals surface area contributed by atoms with Crippen LogP contribution in [0.2, 0.25) is 0 Å². The van der Waals surface area contributed by atoms with Gasteiger partial charge in [-0.05, 0) is 37.8 Å². The molecule has 3 heteroatoms. The van der Waals surface area contributed by atoms with Crippen molar-refractivity contribution in [1.82, 2.24) is 4.90 Å². The van der Waals surface area contributed by atoms with Gasteiger partial charge in [-0.3, -0.25) is 4.90 Å². The van der Waals surface area contributed by atoms with Gasteiger partial charge >= 0.3 is 0 Å². The molecule has 1 aliphatic carbocycles. The van der Waals surface area contributed by atoms with Crippen LogP contribution < -0.4 is 0 Å². The van der Waals surface area contributed by atoms with Crippen LogP contribution in [0.1, 0.15) is 57.1 Å². The second kappa shape index (κ2) is 12.0. The molecule has 0 bridgehead atoms. The molecule has 0 heterocycles. The zero-order valence-electron chi connectivity index (χ0n) is 17.8. The quantitative estimate of drug-likeness (QED) is 0.692. The predicted molar refractivity (Wildman–Crippen MR) is 117 cm³/mol. The van der Waals surface area contributed by atoms with Crippen LogP contribution in [0.15, 0.2) is 60.7 Å². The number of benzene rings is 2. The normalized spacial score (nSPS) is 15.2. The van der Waals surface area contributed by atoms with E-state index >= 15 is 0 Å². The first-order valence-electron chi connectivity index (χ1n) is 10.5. The number of hydrogen-bond acceptors (Lipinski definition) is 3. The summed E-state index contributed by atoms with van der Waals surface area (Å²) in [5.74, 6) is 0. The number of aliphatic hydroxyl groups excluding tert-OH is 1. The van der Waals surface area contributed by atoms with E-state index in [9.17, 15) is 0 Å². The summed E-state index contributed by atoms with van der Waals surface area (Å²) in [4.78, 5) is 2.68. The second-order valence-corrected chi connectivity index (χ2v) is 8.29. The Labute approximate surface area is 171 Å². The highest BCUT2D eigenvalue weighted by molar-refractivity contribution is 5.17. The third-order valence-electron chi connectivity index (χ3n) is 5.48. The highest BCUT2D eigenvalue weighted by atomic mass is 16.5. The van der Waals surface area contributed by atoms with Crippen molar-refractivity contribution in [3.63, 3.8) is 0 Å². The molecule has 0 atom stereocenters. The molecule has 0 spiro atoms. The summed E-state index contributed by atoms with van der Waals surface area (Å²) in [6, 6.07) is 22.6. The lowest BCUT2D eigenvalue weighted by Gasteiger charge is -2.34. The number of methoxy groups -OCH3 is 1. The lowest BCUT2D eigenvalue weighted by molar-refractivity contribution is -0.0226. The monoisotopic (exact) mass is 383 g/mol. The Balaban J connectivity index is 0.000000345. The number of aliphatic hydroxyl groups is 1. The van der Waals surface area contributed by atoms with Gasteiger partial charge in [-0.15, -0.1) is 0 Å². The molecule has 3 rings (SSSR count). The molecule has 0 amide bonds. The van der Waals surface area contributed by atoms with Crippen LogP contribution in [-0.2, 0) is 17.8 Å². The first-order chi connectivity index (χ1) is 13.5. The molecular formula is C25H37NO2. The molecule has 0 aromatic heterocycles. The van der Waals surface area contributed by atoms with Crippen LogP contribution in [0.3, 0.4) is 0 Å². The number of ether oxygens (including phenoxy) is 1. The minimum absolute atomic E-state index is 0.0729. The van der Waals surface area contributed by atoms with Crippen LogP contribution in [0.25, 0.3) is 0 Å². The van der Waals surface area contributed by atoms with E-state index in [-0.39, 0.29) is 12.2 Å². The molecule has 0 unspecified atom stereocenters. The van der Waals surface area contributed by atoms with E-state index in [0.29, 0.717) is 0 Å². The average Bonchev–Trinajstić information content (AvgIpc) is 2.76. The molecule has 1 fully saturated rings. The molecule has 2 aromatic carbocycles. The lowest BCUT2D eigenvalue weighted by atomic mass is 9.93. The topological polar surface area (TPSA) is 32.7 Å². The molecule has 28 heavy (non-hydrogen) atoms. The van der Waals surface area contributed by atoms with Crippen molar-refractivity contribution in [3.05, 3.63) is 71.8 Å². The molecule has 1 N–H and O–H groups in total. The third kappa shape index (κ3) is 8.14. The van der Waals surface area contributed by atoms with Crippen LogP contribution in [0.5, 0.6) is 0 Å². The van der Waals surface area contributed by atoms with E-state index in [1.165, 1.54) is 43.2 Å². The zero-order valence-corrected chi connectivity index (χ0v) is 17.8. The number of hydrogen-bond donors (Lipinski definition) is 1. The van der Waals surface area contributed by atoms with Gasteiger partial charge in [0, 0.05) is 26.2 Å². The molecule has 0 radical (unpaired) electrons. The minimum atomic E-state index is -0.361. The molecule has 154 valence electrons. The summed E-state index contributed by atoms with van der Waals surface area (Å²) in [6.07, 6.45) is 6.93. The fourth-order valence-electron chi connectivity index (χ4n) is 3.46. The van der Waals surface area contributed by atoms with Gasteiger partial charge < -0.3 is 9.84 Å². The predicted octanol–water partition coefficient (Wildman–Crippen LogP) is 5.43. The van der Waals surface area contributed by atoms with E-state index in [2.05, 4.69) is 65.6 Å². The summed E-state index contributed by atoms with van der Waals surface area (Å²) in [6.45, 7) is 5.87. The minimum Gasteiger partial charge on any atom is -0.393 e. The average molecular weight is 384 g/mol. The summed E-state index contributed by atoms with van der Waals surface area (Å²) < 4.78 is 4.84. The van der Waals surface area contributed by atoms with Gasteiger partial charge in [-0.2, -0.15) is 0 Å². The second-order valence-electron chi connectivity index (χ2n) is 8.29.